The minimum Gasteiger partial charge on any atom is -0.309 e. The lowest BCUT2D eigenvalue weighted by atomic mass is 10.2. The molecular formula is C18H16FN7O. The largest absolute Gasteiger partial charge is 0.309 e. The van der Waals surface area contributed by atoms with Crippen LogP contribution in [0.15, 0.2) is 61.2 Å². The minimum atomic E-state index is -0.357. The second kappa shape index (κ2) is 6.87. The van der Waals surface area contributed by atoms with E-state index in [0.717, 1.165) is 5.56 Å². The van der Waals surface area contributed by atoms with Gasteiger partial charge in [-0.2, -0.15) is 15.3 Å². The van der Waals surface area contributed by atoms with Crippen LogP contribution in [0.2, 0.25) is 0 Å². The Bertz CT molecular complexity index is 1090. The smallest absolute Gasteiger partial charge is 0.247 e. The van der Waals surface area contributed by atoms with Crippen LogP contribution in [-0.2, 0) is 18.4 Å². The van der Waals surface area contributed by atoms with Crippen LogP contribution in [-0.4, -0.2) is 35.2 Å². The lowest BCUT2D eigenvalue weighted by molar-refractivity contribution is -0.116. The van der Waals surface area contributed by atoms with Crippen molar-refractivity contribution in [1.29, 1.82) is 0 Å². The van der Waals surface area contributed by atoms with Gasteiger partial charge in [-0.15, -0.1) is 0 Å². The number of para-hydroxylation sites is 1. The van der Waals surface area contributed by atoms with Gasteiger partial charge in [0.25, 0.3) is 0 Å². The summed E-state index contributed by atoms with van der Waals surface area (Å²) in [5.41, 5.74) is 1.73. The van der Waals surface area contributed by atoms with Gasteiger partial charge in [0.05, 0.1) is 18.1 Å². The Morgan fingerprint density at radius 2 is 2.04 bits per heavy atom. The zero-order valence-corrected chi connectivity index (χ0v) is 14.5. The van der Waals surface area contributed by atoms with E-state index in [-0.39, 0.29) is 18.3 Å². The summed E-state index contributed by atoms with van der Waals surface area (Å²) < 4.78 is 18.4. The highest BCUT2D eigenvalue weighted by Crippen LogP contribution is 2.19. The summed E-state index contributed by atoms with van der Waals surface area (Å²) in [5, 5.41) is 15.3. The van der Waals surface area contributed by atoms with Crippen molar-refractivity contribution in [3.63, 3.8) is 0 Å². The highest BCUT2D eigenvalue weighted by molar-refractivity contribution is 5.89. The molecule has 0 aliphatic heterocycles. The molecule has 0 aliphatic carbocycles. The number of carbonyl (C=O) groups excluding carboxylic acids is 1. The van der Waals surface area contributed by atoms with Gasteiger partial charge >= 0.3 is 0 Å². The maximum absolute atomic E-state index is 13.9. The molecule has 0 atom stereocenters. The van der Waals surface area contributed by atoms with Crippen LogP contribution < -0.4 is 5.32 Å². The zero-order chi connectivity index (χ0) is 18.8. The first-order chi connectivity index (χ1) is 13.1. The lowest BCUT2D eigenvalue weighted by Gasteiger charge is -2.05. The monoisotopic (exact) mass is 365 g/mol. The molecule has 27 heavy (non-hydrogen) atoms. The molecule has 3 aromatic heterocycles. The van der Waals surface area contributed by atoms with Crippen molar-refractivity contribution in [2.24, 2.45) is 7.05 Å². The third-order valence-electron chi connectivity index (χ3n) is 4.01. The number of carbonyl (C=O) groups is 1. The highest BCUT2D eigenvalue weighted by Gasteiger charge is 2.11. The molecule has 0 fully saturated rings. The fourth-order valence-corrected chi connectivity index (χ4v) is 2.65. The second-order valence-corrected chi connectivity index (χ2v) is 5.91. The number of anilines is 1. The molecule has 8 nitrogen and oxygen atoms in total. The number of rotatable bonds is 5. The van der Waals surface area contributed by atoms with Gasteiger partial charge in [0.1, 0.15) is 23.9 Å². The van der Waals surface area contributed by atoms with E-state index >= 15 is 0 Å². The van der Waals surface area contributed by atoms with E-state index in [2.05, 4.69) is 20.6 Å². The van der Waals surface area contributed by atoms with E-state index in [1.165, 1.54) is 15.4 Å². The molecule has 0 aliphatic rings. The summed E-state index contributed by atoms with van der Waals surface area (Å²) in [5.74, 6) is 0.0401. The van der Waals surface area contributed by atoms with Gasteiger partial charge in [0, 0.05) is 31.1 Å². The molecule has 0 radical (unpaired) electrons. The number of nitrogens with one attached hydrogen (secondary N) is 1. The highest BCUT2D eigenvalue weighted by atomic mass is 19.1. The number of halogens is 1. The summed E-state index contributed by atoms with van der Waals surface area (Å²) in [6.45, 7) is 0.0621. The maximum Gasteiger partial charge on any atom is 0.247 e. The van der Waals surface area contributed by atoms with Crippen molar-refractivity contribution in [1.82, 2.24) is 29.3 Å². The number of aryl methyl sites for hydroxylation is 1. The fourth-order valence-electron chi connectivity index (χ4n) is 2.65. The first-order valence-electron chi connectivity index (χ1n) is 8.21. The molecule has 4 aromatic rings. The SMILES string of the molecule is Cn1nccc1NC(=O)Cn1ccc(-c2cnn(-c3ccccc3F)c2)n1. The normalized spacial score (nSPS) is 10.9. The van der Waals surface area contributed by atoms with Crippen LogP contribution in [0.3, 0.4) is 0 Å². The maximum atomic E-state index is 13.9. The standard InChI is InChI=1S/C18H16FN7O/c1-24-17(6-8-20-24)22-18(27)12-25-9-7-15(23-25)13-10-21-26(11-13)16-5-3-2-4-14(16)19/h2-11H,12H2,1H3,(H,22,27). The van der Waals surface area contributed by atoms with Gasteiger partial charge < -0.3 is 5.32 Å². The Labute approximate surface area is 153 Å². The molecule has 3 heterocycles. The summed E-state index contributed by atoms with van der Waals surface area (Å²) >= 11 is 0. The second-order valence-electron chi connectivity index (χ2n) is 5.91. The van der Waals surface area contributed by atoms with Crippen molar-refractivity contribution in [2.45, 2.75) is 6.54 Å². The van der Waals surface area contributed by atoms with Gasteiger partial charge in [-0.1, -0.05) is 12.1 Å². The molecular weight excluding hydrogens is 349 g/mol. The summed E-state index contributed by atoms with van der Waals surface area (Å²) in [7, 11) is 1.74. The number of amides is 1. The van der Waals surface area contributed by atoms with E-state index in [1.54, 1.807) is 66.8 Å². The Morgan fingerprint density at radius 3 is 2.81 bits per heavy atom. The summed E-state index contributed by atoms with van der Waals surface area (Å²) in [6.07, 6.45) is 6.61. The van der Waals surface area contributed by atoms with Crippen molar-refractivity contribution in [3.8, 4) is 16.9 Å². The Balaban J connectivity index is 1.47. The average Bonchev–Trinajstić information content (AvgIpc) is 3.37. The van der Waals surface area contributed by atoms with Crippen molar-refractivity contribution in [2.75, 3.05) is 5.32 Å². The van der Waals surface area contributed by atoms with Crippen molar-refractivity contribution in [3.05, 3.63) is 67.0 Å². The van der Waals surface area contributed by atoms with Crippen molar-refractivity contribution >= 4 is 11.7 Å². The molecule has 0 unspecified atom stereocenters. The summed E-state index contributed by atoms with van der Waals surface area (Å²) in [4.78, 5) is 12.1. The van der Waals surface area contributed by atoms with Gasteiger partial charge in [0.15, 0.2) is 0 Å². The van der Waals surface area contributed by atoms with Gasteiger partial charge in [-0.3, -0.25) is 14.2 Å². The van der Waals surface area contributed by atoms with Crippen LogP contribution in [0.5, 0.6) is 0 Å². The van der Waals surface area contributed by atoms with E-state index < -0.39 is 0 Å². The molecule has 4 rings (SSSR count). The van der Waals surface area contributed by atoms with Crippen LogP contribution >= 0.6 is 0 Å². The first-order valence-corrected chi connectivity index (χ1v) is 8.21. The van der Waals surface area contributed by atoms with Crippen LogP contribution in [0.25, 0.3) is 16.9 Å². The summed E-state index contributed by atoms with van der Waals surface area (Å²) in [6, 6.07) is 9.89. The topological polar surface area (TPSA) is 82.6 Å². The van der Waals surface area contributed by atoms with Crippen molar-refractivity contribution < 1.29 is 9.18 Å². The van der Waals surface area contributed by atoms with Crippen LogP contribution in [0.1, 0.15) is 0 Å². The number of hydrogen-bond donors (Lipinski definition) is 1. The number of benzene rings is 1. The Morgan fingerprint density at radius 1 is 1.19 bits per heavy atom. The predicted molar refractivity (Wildman–Crippen MR) is 96.6 cm³/mol. The molecule has 0 saturated heterocycles. The molecule has 1 amide bonds. The lowest BCUT2D eigenvalue weighted by Crippen LogP contribution is -2.20. The fraction of sp³-hybridized carbons (Fsp3) is 0.111. The number of aromatic nitrogens is 6. The molecule has 136 valence electrons. The van der Waals surface area contributed by atoms with Gasteiger partial charge in [0.2, 0.25) is 5.91 Å². The first kappa shape index (κ1) is 16.7. The van der Waals surface area contributed by atoms with Crippen LogP contribution in [0.4, 0.5) is 10.2 Å². The van der Waals surface area contributed by atoms with E-state index in [9.17, 15) is 9.18 Å². The Hall–Kier alpha value is -3.75. The molecule has 0 saturated carbocycles. The molecule has 9 heteroatoms. The third-order valence-corrected chi connectivity index (χ3v) is 4.01. The van der Waals surface area contributed by atoms with E-state index in [1.807, 2.05) is 0 Å². The van der Waals surface area contributed by atoms with E-state index in [0.29, 0.717) is 17.2 Å². The Kier molecular flexibility index (Phi) is 4.25. The molecule has 1 N–H and O–H groups in total. The van der Waals surface area contributed by atoms with Crippen LogP contribution in [0, 0.1) is 5.82 Å². The number of nitrogens with zero attached hydrogens (tertiary/aromatic N) is 6. The minimum absolute atomic E-state index is 0.0621. The molecule has 0 spiro atoms. The molecule has 0 bridgehead atoms. The van der Waals surface area contributed by atoms with Gasteiger partial charge in [-0.05, 0) is 18.2 Å². The van der Waals surface area contributed by atoms with Gasteiger partial charge in [-0.25, -0.2) is 9.07 Å². The average molecular weight is 365 g/mol. The zero-order valence-electron chi connectivity index (χ0n) is 14.5. The predicted octanol–water partition coefficient (Wildman–Crippen LogP) is 2.25. The van der Waals surface area contributed by atoms with E-state index in [4.69, 9.17) is 0 Å². The third kappa shape index (κ3) is 3.47. The number of hydrogen-bond acceptors (Lipinski definition) is 4. The quantitative estimate of drug-likeness (QED) is 0.588. The molecule has 1 aromatic carbocycles.